The first kappa shape index (κ1) is 25.7. The van der Waals surface area contributed by atoms with Crippen molar-refractivity contribution in [2.45, 2.75) is 58.2 Å². The second-order valence-corrected chi connectivity index (χ2v) is 8.18. The highest BCUT2D eigenvalue weighted by Crippen LogP contribution is 2.26. The van der Waals surface area contributed by atoms with Crippen LogP contribution in [0.3, 0.4) is 0 Å². The third kappa shape index (κ3) is 7.50. The van der Waals surface area contributed by atoms with Crippen LogP contribution in [0.2, 0.25) is 0 Å². The van der Waals surface area contributed by atoms with E-state index in [4.69, 9.17) is 14.1 Å². The first-order valence-corrected chi connectivity index (χ1v) is 11.0. The minimum absolute atomic E-state index is 0. The van der Waals surface area contributed by atoms with Gasteiger partial charge in [-0.2, -0.15) is 0 Å². The molecule has 1 aromatic heterocycles. The van der Waals surface area contributed by atoms with Crippen molar-refractivity contribution in [2.75, 3.05) is 26.3 Å². The van der Waals surface area contributed by atoms with Crippen LogP contribution in [0.15, 0.2) is 51.9 Å². The van der Waals surface area contributed by atoms with Crippen molar-refractivity contribution in [2.24, 2.45) is 4.99 Å². The molecule has 1 saturated heterocycles. The van der Waals surface area contributed by atoms with Crippen molar-refractivity contribution in [1.29, 1.82) is 0 Å². The number of guanidine groups is 1. The highest BCUT2D eigenvalue weighted by atomic mass is 127. The Morgan fingerprint density at radius 2 is 1.77 bits per heavy atom. The van der Waals surface area contributed by atoms with Gasteiger partial charge in [0.25, 0.3) is 0 Å². The summed E-state index contributed by atoms with van der Waals surface area (Å²) in [7, 11) is 0. The fourth-order valence-corrected chi connectivity index (χ4v) is 3.91. The van der Waals surface area contributed by atoms with Gasteiger partial charge in [0.15, 0.2) is 5.96 Å². The van der Waals surface area contributed by atoms with Gasteiger partial charge in [-0.3, -0.25) is 4.99 Å². The molecule has 1 fully saturated rings. The third-order valence-corrected chi connectivity index (χ3v) is 5.70. The van der Waals surface area contributed by atoms with Gasteiger partial charge in [0.2, 0.25) is 0 Å². The van der Waals surface area contributed by atoms with Crippen LogP contribution in [0.25, 0.3) is 0 Å². The molecule has 0 bridgehead atoms. The third-order valence-electron chi connectivity index (χ3n) is 5.70. The quantitative estimate of drug-likeness (QED) is 0.257. The molecule has 0 radical (unpaired) electrons. The summed E-state index contributed by atoms with van der Waals surface area (Å²) >= 11 is 0. The fraction of sp³-hybridized carbons (Fsp3) is 0.542. The monoisotopic (exact) mass is 540 g/mol. The first-order chi connectivity index (χ1) is 14.5. The molecule has 31 heavy (non-hydrogen) atoms. The number of ether oxygens (including phenoxy) is 1. The predicted octanol–water partition coefficient (Wildman–Crippen LogP) is 4.72. The van der Waals surface area contributed by atoms with Crippen molar-refractivity contribution >= 4 is 29.9 Å². The predicted molar refractivity (Wildman–Crippen MR) is 137 cm³/mol. The summed E-state index contributed by atoms with van der Waals surface area (Å²) < 4.78 is 11.4. The second-order valence-electron chi connectivity index (χ2n) is 8.18. The Kier molecular flexibility index (Phi) is 10.3. The number of nitrogens with one attached hydrogen (secondary N) is 3. The standard InChI is InChI=1S/C24H36N4O2.HI/c1-5-25-23(27-20(4)22-12-11-18(2)30-22)26-17-24(13-15-29-16-14-24)28-19(3)21-9-7-6-8-10-21;/h6-12,19-20,28H,5,13-17H2,1-4H3,(H2,25,26,27);1H. The van der Waals surface area contributed by atoms with Gasteiger partial charge in [0.1, 0.15) is 11.5 Å². The van der Waals surface area contributed by atoms with Gasteiger partial charge in [-0.1, -0.05) is 30.3 Å². The molecule has 1 aliphatic rings. The Morgan fingerprint density at radius 3 is 2.39 bits per heavy atom. The zero-order chi connectivity index (χ0) is 21.4. The van der Waals surface area contributed by atoms with Crippen molar-refractivity contribution in [3.8, 4) is 0 Å². The normalized spacial score (nSPS) is 18.0. The first-order valence-electron chi connectivity index (χ1n) is 11.0. The van der Waals surface area contributed by atoms with E-state index >= 15 is 0 Å². The molecule has 172 valence electrons. The van der Waals surface area contributed by atoms with Crippen LogP contribution in [0.4, 0.5) is 0 Å². The van der Waals surface area contributed by atoms with E-state index < -0.39 is 0 Å². The van der Waals surface area contributed by atoms with Gasteiger partial charge >= 0.3 is 0 Å². The summed E-state index contributed by atoms with van der Waals surface area (Å²) in [6.07, 6.45) is 1.89. The molecule has 1 aromatic carbocycles. The molecular formula is C24H37IN4O2. The summed E-state index contributed by atoms with van der Waals surface area (Å²) in [5.41, 5.74) is 1.21. The van der Waals surface area contributed by atoms with E-state index in [1.807, 2.05) is 19.1 Å². The Labute approximate surface area is 203 Å². The Balaban J connectivity index is 0.00000341. The summed E-state index contributed by atoms with van der Waals surface area (Å²) in [6, 6.07) is 14.9. The number of halogens is 1. The van der Waals surface area contributed by atoms with Gasteiger partial charge in [0.05, 0.1) is 12.6 Å². The van der Waals surface area contributed by atoms with Gasteiger partial charge in [-0.15, -0.1) is 24.0 Å². The molecule has 2 aromatic rings. The average Bonchev–Trinajstić information content (AvgIpc) is 3.20. The second kappa shape index (κ2) is 12.5. The lowest BCUT2D eigenvalue weighted by Crippen LogP contribution is -2.53. The zero-order valence-electron chi connectivity index (χ0n) is 19.1. The average molecular weight is 540 g/mol. The number of hydrogen-bond acceptors (Lipinski definition) is 4. The van der Waals surface area contributed by atoms with Crippen LogP contribution in [0.1, 0.15) is 62.8 Å². The lowest BCUT2D eigenvalue weighted by atomic mass is 9.88. The lowest BCUT2D eigenvalue weighted by molar-refractivity contribution is 0.0374. The lowest BCUT2D eigenvalue weighted by Gasteiger charge is -2.39. The molecule has 2 heterocycles. The van der Waals surface area contributed by atoms with E-state index in [1.54, 1.807) is 0 Å². The number of furan rings is 1. The minimum Gasteiger partial charge on any atom is -0.464 e. The number of hydrogen-bond donors (Lipinski definition) is 3. The molecular weight excluding hydrogens is 503 g/mol. The van der Waals surface area contributed by atoms with Crippen molar-refractivity contribution in [3.05, 3.63) is 59.5 Å². The van der Waals surface area contributed by atoms with Crippen molar-refractivity contribution in [3.63, 3.8) is 0 Å². The van der Waals surface area contributed by atoms with Crippen LogP contribution in [-0.4, -0.2) is 37.8 Å². The smallest absolute Gasteiger partial charge is 0.191 e. The zero-order valence-corrected chi connectivity index (χ0v) is 21.4. The molecule has 3 rings (SSSR count). The molecule has 3 N–H and O–H groups in total. The van der Waals surface area contributed by atoms with E-state index in [0.29, 0.717) is 6.54 Å². The van der Waals surface area contributed by atoms with E-state index in [0.717, 1.165) is 50.1 Å². The minimum atomic E-state index is -0.0830. The molecule has 2 unspecified atom stereocenters. The van der Waals surface area contributed by atoms with Crippen LogP contribution >= 0.6 is 24.0 Å². The molecule has 0 aliphatic carbocycles. The molecule has 1 aliphatic heterocycles. The highest BCUT2D eigenvalue weighted by molar-refractivity contribution is 14.0. The summed E-state index contributed by atoms with van der Waals surface area (Å²) in [4.78, 5) is 4.96. The topological polar surface area (TPSA) is 70.8 Å². The van der Waals surface area contributed by atoms with Crippen molar-refractivity contribution < 1.29 is 9.15 Å². The van der Waals surface area contributed by atoms with Crippen LogP contribution in [-0.2, 0) is 4.74 Å². The molecule has 2 atom stereocenters. The molecule has 0 spiro atoms. The summed E-state index contributed by atoms with van der Waals surface area (Å²) in [5.74, 6) is 2.63. The van der Waals surface area contributed by atoms with E-state index in [2.05, 4.69) is 67.1 Å². The molecule has 6 nitrogen and oxygen atoms in total. The van der Waals surface area contributed by atoms with Gasteiger partial charge < -0.3 is 25.1 Å². The summed E-state index contributed by atoms with van der Waals surface area (Å²) in [6.45, 7) is 11.4. The van der Waals surface area contributed by atoms with Gasteiger partial charge in [-0.25, -0.2) is 0 Å². The molecule has 7 heteroatoms. The van der Waals surface area contributed by atoms with E-state index in [-0.39, 0.29) is 41.6 Å². The van der Waals surface area contributed by atoms with Gasteiger partial charge in [0, 0.05) is 31.3 Å². The molecule has 0 saturated carbocycles. The number of nitrogens with zero attached hydrogens (tertiary/aromatic N) is 1. The maximum absolute atomic E-state index is 5.77. The Hall–Kier alpha value is -1.58. The SMILES string of the molecule is CCNC(=NCC1(NC(C)c2ccccc2)CCOCC1)NC(C)c1ccc(C)o1.I. The van der Waals surface area contributed by atoms with Crippen LogP contribution < -0.4 is 16.0 Å². The van der Waals surface area contributed by atoms with E-state index in [9.17, 15) is 0 Å². The number of aryl methyl sites for hydroxylation is 1. The van der Waals surface area contributed by atoms with Crippen LogP contribution in [0, 0.1) is 6.92 Å². The van der Waals surface area contributed by atoms with Crippen molar-refractivity contribution in [1.82, 2.24) is 16.0 Å². The maximum atomic E-state index is 5.77. The largest absolute Gasteiger partial charge is 0.464 e. The fourth-order valence-electron chi connectivity index (χ4n) is 3.91. The maximum Gasteiger partial charge on any atom is 0.191 e. The Morgan fingerprint density at radius 1 is 1.06 bits per heavy atom. The van der Waals surface area contributed by atoms with Gasteiger partial charge in [-0.05, 0) is 58.2 Å². The van der Waals surface area contributed by atoms with E-state index in [1.165, 1.54) is 5.56 Å². The number of rotatable bonds is 8. The Bertz CT molecular complexity index is 803. The molecule has 0 amide bonds. The highest BCUT2D eigenvalue weighted by Gasteiger charge is 2.34. The number of benzene rings is 1. The number of aliphatic imine (C=N–C) groups is 1. The van der Waals surface area contributed by atoms with Crippen LogP contribution in [0.5, 0.6) is 0 Å². The summed E-state index contributed by atoms with van der Waals surface area (Å²) in [5, 5.41) is 10.7.